The van der Waals surface area contributed by atoms with Gasteiger partial charge in [0.25, 0.3) is 11.8 Å². The molecule has 0 radical (unpaired) electrons. The van der Waals surface area contributed by atoms with Crippen LogP contribution in [0.2, 0.25) is 5.02 Å². The number of nitrogens with zero attached hydrogens (tertiary/aromatic N) is 1. The quantitative estimate of drug-likeness (QED) is 0.551. The van der Waals surface area contributed by atoms with Gasteiger partial charge in [0.1, 0.15) is 11.4 Å². The molecule has 3 aromatic carbocycles. The van der Waals surface area contributed by atoms with Gasteiger partial charge in [-0.05, 0) is 60.9 Å². The molecule has 31 heavy (non-hydrogen) atoms. The number of anilines is 2. The Labute approximate surface area is 185 Å². The van der Waals surface area contributed by atoms with Crippen LogP contribution in [0.3, 0.4) is 0 Å². The van der Waals surface area contributed by atoms with Gasteiger partial charge in [-0.25, -0.2) is 4.90 Å². The summed E-state index contributed by atoms with van der Waals surface area (Å²) in [4.78, 5) is 28.3. The maximum absolute atomic E-state index is 13.6. The predicted molar refractivity (Wildman–Crippen MR) is 123 cm³/mol. The second-order valence-corrected chi connectivity index (χ2v) is 7.76. The van der Waals surface area contributed by atoms with Gasteiger partial charge in [0.15, 0.2) is 0 Å². The van der Waals surface area contributed by atoms with Gasteiger partial charge >= 0.3 is 0 Å². The third-order valence-electron chi connectivity index (χ3n) is 5.17. The lowest BCUT2D eigenvalue weighted by molar-refractivity contribution is -0.120. The first-order valence-corrected chi connectivity index (χ1v) is 10.1. The number of methoxy groups -OCH3 is 1. The molecule has 6 heteroatoms. The second-order valence-electron chi connectivity index (χ2n) is 7.32. The van der Waals surface area contributed by atoms with E-state index in [9.17, 15) is 9.59 Å². The van der Waals surface area contributed by atoms with Gasteiger partial charge < -0.3 is 10.1 Å². The fourth-order valence-electron chi connectivity index (χ4n) is 3.61. The maximum Gasteiger partial charge on any atom is 0.282 e. The zero-order valence-corrected chi connectivity index (χ0v) is 18.2. The molecule has 1 aliphatic heterocycles. The number of imide groups is 1. The minimum Gasteiger partial charge on any atom is -0.495 e. The van der Waals surface area contributed by atoms with E-state index in [4.69, 9.17) is 16.3 Å². The van der Waals surface area contributed by atoms with Crippen LogP contribution in [-0.2, 0) is 9.59 Å². The molecule has 2 amide bonds. The molecule has 3 aromatic rings. The number of carbonyl (C=O) groups excluding carboxylic acids is 2. The molecule has 0 spiro atoms. The number of amides is 2. The Morgan fingerprint density at radius 2 is 1.65 bits per heavy atom. The van der Waals surface area contributed by atoms with Crippen molar-refractivity contribution in [1.82, 2.24) is 0 Å². The van der Waals surface area contributed by atoms with Crippen molar-refractivity contribution in [3.8, 4) is 5.75 Å². The molecule has 0 saturated carbocycles. The number of nitrogens with one attached hydrogen (secondary N) is 1. The summed E-state index contributed by atoms with van der Waals surface area (Å²) in [5.74, 6) is -0.403. The highest BCUT2D eigenvalue weighted by atomic mass is 35.5. The molecule has 0 atom stereocenters. The van der Waals surface area contributed by atoms with Crippen LogP contribution in [0.5, 0.6) is 5.75 Å². The number of rotatable bonds is 5. The number of hydrogen-bond donors (Lipinski definition) is 1. The summed E-state index contributed by atoms with van der Waals surface area (Å²) in [6, 6.07) is 19.9. The lowest BCUT2D eigenvalue weighted by atomic mass is 10.0. The zero-order valence-electron chi connectivity index (χ0n) is 17.4. The molecular weight excluding hydrogens is 412 g/mol. The van der Waals surface area contributed by atoms with Gasteiger partial charge in [0.2, 0.25) is 0 Å². The molecule has 4 rings (SSSR count). The third kappa shape index (κ3) is 3.80. The van der Waals surface area contributed by atoms with E-state index in [-0.39, 0.29) is 5.70 Å². The van der Waals surface area contributed by atoms with Crippen LogP contribution in [0, 0.1) is 13.8 Å². The fourth-order valence-corrected chi connectivity index (χ4v) is 3.84. The summed E-state index contributed by atoms with van der Waals surface area (Å²) in [6.45, 7) is 3.79. The number of benzene rings is 3. The molecule has 0 saturated heterocycles. The van der Waals surface area contributed by atoms with E-state index in [0.717, 1.165) is 11.1 Å². The summed E-state index contributed by atoms with van der Waals surface area (Å²) in [7, 11) is 1.51. The van der Waals surface area contributed by atoms with E-state index >= 15 is 0 Å². The van der Waals surface area contributed by atoms with Crippen LogP contribution in [0.25, 0.3) is 5.57 Å². The van der Waals surface area contributed by atoms with Gasteiger partial charge in [-0.15, -0.1) is 0 Å². The van der Waals surface area contributed by atoms with E-state index in [0.29, 0.717) is 33.3 Å². The monoisotopic (exact) mass is 432 g/mol. The van der Waals surface area contributed by atoms with Crippen molar-refractivity contribution in [2.75, 3.05) is 17.3 Å². The van der Waals surface area contributed by atoms with Gasteiger partial charge in [-0.1, -0.05) is 48.0 Å². The largest absolute Gasteiger partial charge is 0.495 e. The molecule has 5 nitrogen and oxygen atoms in total. The molecular formula is C25H21ClN2O3. The second kappa shape index (κ2) is 8.28. The number of carbonyl (C=O) groups is 2. The Bertz CT molecular complexity index is 1220. The average Bonchev–Trinajstić information content (AvgIpc) is 3.00. The molecule has 1 aliphatic rings. The molecule has 156 valence electrons. The minimum absolute atomic E-state index is 0.213. The highest BCUT2D eigenvalue weighted by Crippen LogP contribution is 2.38. The van der Waals surface area contributed by atoms with Crippen molar-refractivity contribution >= 4 is 40.4 Å². The zero-order chi connectivity index (χ0) is 22.1. The summed E-state index contributed by atoms with van der Waals surface area (Å²) in [5.41, 5.74) is 4.06. The molecule has 0 bridgehead atoms. The van der Waals surface area contributed by atoms with E-state index < -0.39 is 11.8 Å². The molecule has 1 heterocycles. The predicted octanol–water partition coefficient (Wildman–Crippen LogP) is 5.36. The maximum atomic E-state index is 13.6. The Kier molecular flexibility index (Phi) is 5.53. The van der Waals surface area contributed by atoms with Crippen LogP contribution in [-0.4, -0.2) is 18.9 Å². The molecule has 0 aliphatic carbocycles. The van der Waals surface area contributed by atoms with Crippen molar-refractivity contribution in [1.29, 1.82) is 0 Å². The van der Waals surface area contributed by atoms with E-state index in [1.54, 1.807) is 30.3 Å². The average molecular weight is 433 g/mol. The lowest BCUT2D eigenvalue weighted by Crippen LogP contribution is -2.32. The number of halogens is 1. The number of hydrogen-bond acceptors (Lipinski definition) is 4. The summed E-state index contributed by atoms with van der Waals surface area (Å²) in [6.07, 6.45) is 0. The van der Waals surface area contributed by atoms with Crippen LogP contribution in [0.1, 0.15) is 16.7 Å². The highest BCUT2D eigenvalue weighted by Gasteiger charge is 2.41. The van der Waals surface area contributed by atoms with Crippen LogP contribution < -0.4 is 15.0 Å². The smallest absolute Gasteiger partial charge is 0.282 e. The Balaban J connectivity index is 1.86. The molecule has 0 fully saturated rings. The Morgan fingerprint density at radius 1 is 0.903 bits per heavy atom. The van der Waals surface area contributed by atoms with Crippen molar-refractivity contribution in [3.63, 3.8) is 0 Å². The Hall–Kier alpha value is -3.57. The van der Waals surface area contributed by atoms with Gasteiger partial charge in [0.05, 0.1) is 18.4 Å². The van der Waals surface area contributed by atoms with E-state index in [2.05, 4.69) is 5.32 Å². The van der Waals surface area contributed by atoms with Gasteiger partial charge in [-0.3, -0.25) is 9.59 Å². The fraction of sp³-hybridized carbons (Fsp3) is 0.120. The first-order valence-electron chi connectivity index (χ1n) is 9.77. The normalized spacial score (nSPS) is 13.7. The number of ether oxygens (including phenoxy) is 1. The SMILES string of the molecule is COc1ccc(C)cc1N1C(=O)C(Nc2ccc(Cl)cc2C)=C(c2ccccc2)C1=O. The molecule has 1 N–H and O–H groups in total. The summed E-state index contributed by atoms with van der Waals surface area (Å²) in [5, 5.41) is 3.78. The minimum atomic E-state index is -0.442. The van der Waals surface area contributed by atoms with Crippen molar-refractivity contribution in [3.05, 3.63) is 94.1 Å². The summed E-state index contributed by atoms with van der Waals surface area (Å²) >= 11 is 6.08. The van der Waals surface area contributed by atoms with Crippen LogP contribution >= 0.6 is 11.6 Å². The number of aryl methyl sites for hydroxylation is 2. The van der Waals surface area contributed by atoms with Gasteiger partial charge in [-0.2, -0.15) is 0 Å². The first-order chi connectivity index (χ1) is 14.9. The topological polar surface area (TPSA) is 58.6 Å². The first kappa shape index (κ1) is 20.7. The van der Waals surface area contributed by atoms with Crippen LogP contribution in [0.4, 0.5) is 11.4 Å². The van der Waals surface area contributed by atoms with Crippen molar-refractivity contribution < 1.29 is 14.3 Å². The van der Waals surface area contributed by atoms with Crippen molar-refractivity contribution in [2.45, 2.75) is 13.8 Å². The van der Waals surface area contributed by atoms with E-state index in [1.165, 1.54) is 12.0 Å². The van der Waals surface area contributed by atoms with Crippen LogP contribution in [0.15, 0.2) is 72.4 Å². The molecule has 0 unspecified atom stereocenters. The summed E-state index contributed by atoms with van der Waals surface area (Å²) < 4.78 is 5.44. The van der Waals surface area contributed by atoms with Crippen molar-refractivity contribution in [2.24, 2.45) is 0 Å². The standard InChI is InChI=1S/C25H21ClN2O3/c1-15-9-12-21(31-3)20(13-15)28-24(29)22(17-7-5-4-6-8-17)23(25(28)30)27-19-11-10-18(26)14-16(19)2/h4-14,27H,1-3H3. The lowest BCUT2D eigenvalue weighted by Gasteiger charge is -2.19. The highest BCUT2D eigenvalue weighted by molar-refractivity contribution is 6.46. The molecule has 0 aromatic heterocycles. The third-order valence-corrected chi connectivity index (χ3v) is 5.40. The van der Waals surface area contributed by atoms with Gasteiger partial charge in [0, 0.05) is 10.7 Å². The van der Waals surface area contributed by atoms with E-state index in [1.807, 2.05) is 50.2 Å². The Morgan fingerprint density at radius 3 is 2.32 bits per heavy atom.